The second kappa shape index (κ2) is 6.95. The normalized spacial score (nSPS) is 10.6. The second-order valence-corrected chi connectivity index (χ2v) is 4.45. The van der Waals surface area contributed by atoms with Gasteiger partial charge in [0.15, 0.2) is 0 Å². The molecule has 110 valence electrons. The maximum absolute atomic E-state index is 12.1. The van der Waals surface area contributed by atoms with Crippen LogP contribution in [0.1, 0.15) is 5.56 Å². The van der Waals surface area contributed by atoms with E-state index in [1.165, 1.54) is 18.2 Å². The number of ether oxygens (including phenoxy) is 1. The SMILES string of the molecule is COc1cccc(/C=C(\C#N)C(=O)Nc2ccc(O)cc2)c1. The second-order valence-electron chi connectivity index (χ2n) is 4.45. The van der Waals surface area contributed by atoms with Crippen LogP contribution in [0, 0.1) is 11.3 Å². The summed E-state index contributed by atoms with van der Waals surface area (Å²) < 4.78 is 5.10. The van der Waals surface area contributed by atoms with Gasteiger partial charge in [0.2, 0.25) is 0 Å². The van der Waals surface area contributed by atoms with Crippen molar-refractivity contribution in [1.29, 1.82) is 5.26 Å². The molecule has 0 aromatic heterocycles. The number of hydrogen-bond donors (Lipinski definition) is 2. The number of benzene rings is 2. The molecule has 0 spiro atoms. The lowest BCUT2D eigenvalue weighted by molar-refractivity contribution is -0.112. The van der Waals surface area contributed by atoms with Crippen molar-refractivity contribution in [3.05, 3.63) is 59.7 Å². The van der Waals surface area contributed by atoms with E-state index in [0.29, 0.717) is 17.0 Å². The van der Waals surface area contributed by atoms with Crippen LogP contribution in [0.4, 0.5) is 5.69 Å². The molecule has 2 rings (SSSR count). The first kappa shape index (κ1) is 15.1. The third-order valence-corrected chi connectivity index (χ3v) is 2.90. The third-order valence-electron chi connectivity index (χ3n) is 2.90. The van der Waals surface area contributed by atoms with Crippen LogP contribution in [0.15, 0.2) is 54.1 Å². The monoisotopic (exact) mass is 294 g/mol. The molecule has 0 unspecified atom stereocenters. The quantitative estimate of drug-likeness (QED) is 0.516. The van der Waals surface area contributed by atoms with Gasteiger partial charge in [0.05, 0.1) is 7.11 Å². The van der Waals surface area contributed by atoms with Crippen molar-refractivity contribution in [2.24, 2.45) is 0 Å². The van der Waals surface area contributed by atoms with Crippen molar-refractivity contribution in [2.75, 3.05) is 12.4 Å². The zero-order valence-corrected chi connectivity index (χ0v) is 11.9. The highest BCUT2D eigenvalue weighted by Gasteiger charge is 2.09. The number of nitriles is 1. The van der Waals surface area contributed by atoms with Crippen LogP contribution in [0.3, 0.4) is 0 Å². The summed E-state index contributed by atoms with van der Waals surface area (Å²) in [6.07, 6.45) is 1.48. The molecule has 2 aromatic rings. The summed E-state index contributed by atoms with van der Waals surface area (Å²) in [5, 5.41) is 21.0. The fraction of sp³-hybridized carbons (Fsp3) is 0.0588. The van der Waals surface area contributed by atoms with Crippen LogP contribution < -0.4 is 10.1 Å². The van der Waals surface area contributed by atoms with E-state index in [0.717, 1.165) is 0 Å². The van der Waals surface area contributed by atoms with Crippen molar-refractivity contribution >= 4 is 17.7 Å². The molecule has 0 radical (unpaired) electrons. The van der Waals surface area contributed by atoms with Gasteiger partial charge in [0.1, 0.15) is 23.1 Å². The topological polar surface area (TPSA) is 82.3 Å². The molecular weight excluding hydrogens is 280 g/mol. The van der Waals surface area contributed by atoms with Crippen LogP contribution in [-0.4, -0.2) is 18.1 Å². The molecule has 0 bridgehead atoms. The summed E-state index contributed by atoms with van der Waals surface area (Å²) in [6, 6.07) is 14.9. The number of amides is 1. The van der Waals surface area contributed by atoms with E-state index in [1.807, 2.05) is 6.07 Å². The molecule has 2 aromatic carbocycles. The number of carbonyl (C=O) groups excluding carboxylic acids is 1. The molecule has 0 aliphatic heterocycles. The molecule has 22 heavy (non-hydrogen) atoms. The summed E-state index contributed by atoms with van der Waals surface area (Å²) >= 11 is 0. The van der Waals surface area contributed by atoms with Gasteiger partial charge in [-0.05, 0) is 48.0 Å². The highest BCUT2D eigenvalue weighted by molar-refractivity contribution is 6.09. The Morgan fingerprint density at radius 3 is 2.64 bits per heavy atom. The van der Waals surface area contributed by atoms with Crippen LogP contribution in [0.5, 0.6) is 11.5 Å². The average molecular weight is 294 g/mol. The lowest BCUT2D eigenvalue weighted by Gasteiger charge is -2.05. The standard InChI is InChI=1S/C17H14N2O3/c1-22-16-4-2-3-12(10-16)9-13(11-18)17(21)19-14-5-7-15(20)8-6-14/h2-10,20H,1H3,(H,19,21)/b13-9+. The minimum absolute atomic E-state index is 0.0265. The number of hydrogen-bond acceptors (Lipinski definition) is 4. The number of nitrogens with zero attached hydrogens (tertiary/aromatic N) is 1. The summed E-state index contributed by atoms with van der Waals surface area (Å²) in [6.45, 7) is 0. The molecule has 0 fully saturated rings. The number of anilines is 1. The number of nitrogens with one attached hydrogen (secondary N) is 1. The zero-order chi connectivity index (χ0) is 15.9. The zero-order valence-electron chi connectivity index (χ0n) is 11.9. The van der Waals surface area contributed by atoms with E-state index < -0.39 is 5.91 Å². The number of carbonyl (C=O) groups is 1. The van der Waals surface area contributed by atoms with Gasteiger partial charge in [-0.25, -0.2) is 0 Å². The maximum atomic E-state index is 12.1. The number of phenolic OH excluding ortho intramolecular Hbond substituents is 1. The fourth-order valence-electron chi connectivity index (χ4n) is 1.79. The van der Waals surface area contributed by atoms with E-state index in [-0.39, 0.29) is 11.3 Å². The molecule has 0 saturated carbocycles. The Kier molecular flexibility index (Phi) is 4.78. The predicted octanol–water partition coefficient (Wildman–Crippen LogP) is 2.95. The molecule has 5 nitrogen and oxygen atoms in total. The largest absolute Gasteiger partial charge is 0.508 e. The van der Waals surface area contributed by atoms with E-state index >= 15 is 0 Å². The first-order valence-corrected chi connectivity index (χ1v) is 6.48. The van der Waals surface area contributed by atoms with E-state index in [9.17, 15) is 9.90 Å². The molecule has 5 heteroatoms. The van der Waals surface area contributed by atoms with Crippen molar-refractivity contribution in [2.45, 2.75) is 0 Å². The Morgan fingerprint density at radius 1 is 1.27 bits per heavy atom. The maximum Gasteiger partial charge on any atom is 0.266 e. The number of rotatable bonds is 4. The minimum atomic E-state index is -0.518. The van der Waals surface area contributed by atoms with Crippen molar-refractivity contribution < 1.29 is 14.6 Å². The molecule has 0 aliphatic carbocycles. The van der Waals surface area contributed by atoms with Crippen molar-refractivity contribution in [3.63, 3.8) is 0 Å². The highest BCUT2D eigenvalue weighted by atomic mass is 16.5. The van der Waals surface area contributed by atoms with Crippen LogP contribution >= 0.6 is 0 Å². The van der Waals surface area contributed by atoms with Gasteiger partial charge >= 0.3 is 0 Å². The molecular formula is C17H14N2O3. The van der Waals surface area contributed by atoms with Crippen molar-refractivity contribution in [3.8, 4) is 17.6 Å². The van der Waals surface area contributed by atoms with Gasteiger partial charge in [-0.15, -0.1) is 0 Å². The van der Waals surface area contributed by atoms with E-state index in [2.05, 4.69) is 5.32 Å². The first-order chi connectivity index (χ1) is 10.6. The molecule has 0 atom stereocenters. The Balaban J connectivity index is 2.19. The number of methoxy groups -OCH3 is 1. The Hall–Kier alpha value is -3.26. The summed E-state index contributed by atoms with van der Waals surface area (Å²) in [5.41, 5.74) is 1.16. The molecule has 1 amide bonds. The lowest BCUT2D eigenvalue weighted by Crippen LogP contribution is -2.13. The molecule has 0 aliphatic rings. The number of phenols is 1. The minimum Gasteiger partial charge on any atom is -0.508 e. The average Bonchev–Trinajstić information content (AvgIpc) is 2.54. The van der Waals surface area contributed by atoms with Crippen molar-refractivity contribution in [1.82, 2.24) is 0 Å². The molecule has 0 heterocycles. The Labute approximate surface area is 128 Å². The smallest absolute Gasteiger partial charge is 0.266 e. The summed E-state index contributed by atoms with van der Waals surface area (Å²) in [4.78, 5) is 12.1. The molecule has 0 saturated heterocycles. The van der Waals surface area contributed by atoms with Crippen LogP contribution in [0.2, 0.25) is 0 Å². The van der Waals surface area contributed by atoms with Crippen LogP contribution in [-0.2, 0) is 4.79 Å². The first-order valence-electron chi connectivity index (χ1n) is 6.48. The van der Waals surface area contributed by atoms with Gasteiger partial charge in [-0.2, -0.15) is 5.26 Å². The van der Waals surface area contributed by atoms with Gasteiger partial charge in [-0.3, -0.25) is 4.79 Å². The van der Waals surface area contributed by atoms with Gasteiger partial charge < -0.3 is 15.2 Å². The molecule has 2 N–H and O–H groups in total. The fourth-order valence-corrected chi connectivity index (χ4v) is 1.79. The predicted molar refractivity (Wildman–Crippen MR) is 83.3 cm³/mol. The lowest BCUT2D eigenvalue weighted by atomic mass is 10.1. The van der Waals surface area contributed by atoms with Crippen LogP contribution in [0.25, 0.3) is 6.08 Å². The highest BCUT2D eigenvalue weighted by Crippen LogP contribution is 2.17. The van der Waals surface area contributed by atoms with E-state index in [1.54, 1.807) is 43.5 Å². The number of aromatic hydroxyl groups is 1. The Bertz CT molecular complexity index is 743. The van der Waals surface area contributed by atoms with Gasteiger partial charge in [0.25, 0.3) is 5.91 Å². The third kappa shape index (κ3) is 3.87. The Morgan fingerprint density at radius 2 is 2.00 bits per heavy atom. The summed E-state index contributed by atoms with van der Waals surface area (Å²) in [5.74, 6) is 0.228. The van der Waals surface area contributed by atoms with Gasteiger partial charge in [0, 0.05) is 5.69 Å². The van der Waals surface area contributed by atoms with Gasteiger partial charge in [-0.1, -0.05) is 12.1 Å². The van der Waals surface area contributed by atoms with E-state index in [4.69, 9.17) is 10.00 Å². The summed E-state index contributed by atoms with van der Waals surface area (Å²) in [7, 11) is 1.55.